The molecule has 0 aliphatic carbocycles. The van der Waals surface area contributed by atoms with Gasteiger partial charge >= 0.3 is 5.63 Å². The summed E-state index contributed by atoms with van der Waals surface area (Å²) in [4.78, 5) is 24.4. The second-order valence-corrected chi connectivity index (χ2v) is 7.45. The molecule has 0 unspecified atom stereocenters. The first-order valence-corrected chi connectivity index (χ1v) is 8.70. The fraction of sp³-hybridized carbons (Fsp3) is 0.375. The minimum atomic E-state index is -0.570. The fourth-order valence-corrected chi connectivity index (χ4v) is 4.84. The summed E-state index contributed by atoms with van der Waals surface area (Å²) in [6.07, 6.45) is 2.39. The number of para-hydroxylation sites is 1. The van der Waals surface area contributed by atoms with Crippen LogP contribution in [0.25, 0.3) is 11.0 Å². The van der Waals surface area contributed by atoms with Gasteiger partial charge in [0.05, 0.1) is 7.11 Å². The lowest BCUT2D eigenvalue weighted by Gasteiger charge is -2.05. The number of benzene rings is 1. The number of hydrogen-bond acceptors (Lipinski definition) is 4. The molecule has 0 amide bonds. The first-order valence-electron chi connectivity index (χ1n) is 6.97. The van der Waals surface area contributed by atoms with E-state index in [9.17, 15) is 9.59 Å². The van der Waals surface area contributed by atoms with E-state index in [-0.39, 0.29) is 39.2 Å². The van der Waals surface area contributed by atoms with Gasteiger partial charge in [-0.3, -0.25) is 4.79 Å². The zero-order valence-electron chi connectivity index (χ0n) is 12.3. The summed E-state index contributed by atoms with van der Waals surface area (Å²) < 4.78 is 10.5. The summed E-state index contributed by atoms with van der Waals surface area (Å²) in [6.45, 7) is 0. The van der Waals surface area contributed by atoms with Crippen molar-refractivity contribution in [1.29, 1.82) is 0 Å². The van der Waals surface area contributed by atoms with Crippen LogP contribution in [-0.4, -0.2) is 30.2 Å². The Balaban J connectivity index is 0.00000176. The van der Waals surface area contributed by atoms with E-state index in [4.69, 9.17) is 9.15 Å². The van der Waals surface area contributed by atoms with Crippen LogP contribution in [0.1, 0.15) is 23.2 Å². The average Bonchev–Trinajstić information content (AvgIpc) is 2.98. The predicted molar refractivity (Wildman–Crippen MR) is 84.6 cm³/mol. The summed E-state index contributed by atoms with van der Waals surface area (Å²) in [5.74, 6) is 3.09. The second-order valence-electron chi connectivity index (χ2n) is 5.12. The van der Waals surface area contributed by atoms with E-state index in [0.717, 1.165) is 11.5 Å². The van der Waals surface area contributed by atoms with Gasteiger partial charge in [0.1, 0.15) is 17.1 Å². The highest BCUT2D eigenvalue weighted by molar-refractivity contribution is 7.97. The van der Waals surface area contributed by atoms with E-state index < -0.39 is 5.63 Å². The number of rotatable bonds is 4. The van der Waals surface area contributed by atoms with Crippen molar-refractivity contribution in [2.45, 2.75) is 12.8 Å². The zero-order valence-corrected chi connectivity index (χ0v) is 14.7. The van der Waals surface area contributed by atoms with Crippen LogP contribution < -0.4 is 27.3 Å². The van der Waals surface area contributed by atoms with Crippen molar-refractivity contribution in [1.82, 2.24) is 0 Å². The van der Waals surface area contributed by atoms with Crippen LogP contribution in [0.3, 0.4) is 0 Å². The molecule has 1 fully saturated rings. The van der Waals surface area contributed by atoms with Crippen molar-refractivity contribution < 1.29 is 30.9 Å². The second kappa shape index (κ2) is 7.33. The molecule has 1 aliphatic heterocycles. The first kappa shape index (κ1) is 17.1. The van der Waals surface area contributed by atoms with Crippen LogP contribution in [0.2, 0.25) is 0 Å². The number of carbonyl (C=O) groups is 1. The van der Waals surface area contributed by atoms with Gasteiger partial charge in [0.25, 0.3) is 0 Å². The molecule has 1 aromatic carbocycles. The van der Waals surface area contributed by atoms with Crippen molar-refractivity contribution >= 4 is 27.6 Å². The molecule has 0 atom stereocenters. The quantitative estimate of drug-likeness (QED) is 0.401. The molecular weight excluding hydrogens is 368 g/mol. The van der Waals surface area contributed by atoms with Gasteiger partial charge in [-0.15, -0.1) is 0 Å². The summed E-state index contributed by atoms with van der Waals surface area (Å²) in [7, 11) is 1.66. The molecule has 3 rings (SSSR count). The SMILES string of the molecule is COc1cccc2cc(C(=O)C[S+]3CCCC3)c(=O)oc12.[Br-]. The van der Waals surface area contributed by atoms with Crippen molar-refractivity contribution in [2.24, 2.45) is 0 Å². The van der Waals surface area contributed by atoms with E-state index in [2.05, 4.69) is 0 Å². The largest absolute Gasteiger partial charge is 1.00 e. The molecule has 0 N–H and O–H groups in total. The Bertz CT molecular complexity index is 734. The van der Waals surface area contributed by atoms with Gasteiger partial charge in [-0.2, -0.15) is 0 Å². The number of methoxy groups -OCH3 is 1. The molecule has 1 aromatic heterocycles. The Morgan fingerprint density at radius 2 is 2.05 bits per heavy atom. The molecule has 1 aliphatic rings. The molecule has 6 heteroatoms. The van der Waals surface area contributed by atoms with Gasteiger partial charge in [0, 0.05) is 5.39 Å². The van der Waals surface area contributed by atoms with E-state index >= 15 is 0 Å². The fourth-order valence-electron chi connectivity index (χ4n) is 2.59. The Labute approximate surface area is 142 Å². The smallest absolute Gasteiger partial charge is 0.347 e. The topological polar surface area (TPSA) is 56.5 Å². The maximum absolute atomic E-state index is 12.3. The normalized spacial score (nSPS) is 14.8. The highest BCUT2D eigenvalue weighted by atomic mass is 79.9. The first-order chi connectivity index (χ1) is 10.2. The average molecular weight is 385 g/mol. The van der Waals surface area contributed by atoms with Crippen molar-refractivity contribution in [2.75, 3.05) is 24.4 Å². The van der Waals surface area contributed by atoms with Gasteiger partial charge in [0.2, 0.25) is 5.78 Å². The lowest BCUT2D eigenvalue weighted by Crippen LogP contribution is -3.00. The van der Waals surface area contributed by atoms with Crippen LogP contribution >= 0.6 is 0 Å². The number of ether oxygens (including phenoxy) is 1. The summed E-state index contributed by atoms with van der Waals surface area (Å²) in [5, 5.41) is 0.715. The third-order valence-corrected chi connectivity index (χ3v) is 6.10. The number of hydrogen-bond donors (Lipinski definition) is 0. The monoisotopic (exact) mass is 384 g/mol. The molecule has 118 valence electrons. The maximum Gasteiger partial charge on any atom is 0.347 e. The minimum absolute atomic E-state index is 0. The molecule has 0 spiro atoms. The van der Waals surface area contributed by atoms with E-state index in [1.165, 1.54) is 20.0 Å². The lowest BCUT2D eigenvalue weighted by molar-refractivity contribution is -0.0000130. The highest BCUT2D eigenvalue weighted by Crippen LogP contribution is 2.24. The molecule has 1 saturated heterocycles. The number of fused-ring (bicyclic) bond motifs is 1. The summed E-state index contributed by atoms with van der Waals surface area (Å²) in [5.41, 5.74) is -0.0141. The van der Waals surface area contributed by atoms with Crippen LogP contribution in [0.4, 0.5) is 0 Å². The highest BCUT2D eigenvalue weighted by Gasteiger charge is 2.29. The molecule has 0 radical (unpaired) electrons. The van der Waals surface area contributed by atoms with Crippen molar-refractivity contribution in [3.63, 3.8) is 0 Å². The number of halogens is 1. The third kappa shape index (κ3) is 3.38. The van der Waals surface area contributed by atoms with E-state index in [1.54, 1.807) is 12.1 Å². The van der Waals surface area contributed by atoms with Crippen molar-refractivity contribution in [3.8, 4) is 5.75 Å². The third-order valence-electron chi connectivity index (χ3n) is 3.70. The Morgan fingerprint density at radius 3 is 2.73 bits per heavy atom. The van der Waals surface area contributed by atoms with Crippen LogP contribution in [-0.2, 0) is 10.9 Å². The molecule has 22 heavy (non-hydrogen) atoms. The maximum atomic E-state index is 12.3. The van der Waals surface area contributed by atoms with Gasteiger partial charge in [0.15, 0.2) is 17.1 Å². The molecule has 0 saturated carbocycles. The van der Waals surface area contributed by atoms with Crippen LogP contribution in [0.15, 0.2) is 33.5 Å². The molecule has 2 heterocycles. The zero-order chi connectivity index (χ0) is 14.8. The minimum Gasteiger partial charge on any atom is -1.00 e. The van der Waals surface area contributed by atoms with Crippen LogP contribution in [0, 0.1) is 0 Å². The lowest BCUT2D eigenvalue weighted by atomic mass is 10.1. The molecule has 4 nitrogen and oxygen atoms in total. The Morgan fingerprint density at radius 1 is 1.32 bits per heavy atom. The van der Waals surface area contributed by atoms with E-state index in [1.807, 2.05) is 12.1 Å². The molecular formula is C16H17BrO4S. The van der Waals surface area contributed by atoms with Crippen molar-refractivity contribution in [3.05, 3.63) is 40.2 Å². The Hall–Kier alpha value is -1.27. The summed E-state index contributed by atoms with van der Waals surface area (Å²) >= 11 is 0. The Kier molecular flexibility index (Phi) is 5.69. The number of Topliss-reactive ketones (excluding diaryl/α,β-unsaturated/α-hetero) is 1. The van der Waals surface area contributed by atoms with Gasteiger partial charge < -0.3 is 26.1 Å². The van der Waals surface area contributed by atoms with E-state index in [0.29, 0.717) is 22.5 Å². The van der Waals surface area contributed by atoms with Gasteiger partial charge in [-0.25, -0.2) is 4.79 Å². The molecule has 2 aromatic rings. The number of ketones is 1. The van der Waals surface area contributed by atoms with Gasteiger partial charge in [-0.1, -0.05) is 12.1 Å². The van der Waals surface area contributed by atoms with Crippen LogP contribution in [0.5, 0.6) is 5.75 Å². The number of carbonyl (C=O) groups excluding carboxylic acids is 1. The summed E-state index contributed by atoms with van der Waals surface area (Å²) in [6, 6.07) is 6.99. The molecule has 0 bridgehead atoms. The predicted octanol–water partition coefficient (Wildman–Crippen LogP) is -0.600. The van der Waals surface area contributed by atoms with Gasteiger partial charge in [-0.05, 0) is 35.9 Å². The standard InChI is InChI=1S/C16H17O4S.BrH/c1-19-14-6-4-5-11-9-12(16(18)20-15(11)14)13(17)10-21-7-2-3-8-21;/h4-6,9H,2-3,7-8,10H2,1H3;1H/q+1;/p-1.